The lowest BCUT2D eigenvalue weighted by Gasteiger charge is -2.32. The van der Waals surface area contributed by atoms with Gasteiger partial charge in [0.2, 0.25) is 5.91 Å². The van der Waals surface area contributed by atoms with Crippen LogP contribution in [0.3, 0.4) is 0 Å². The van der Waals surface area contributed by atoms with E-state index in [4.69, 9.17) is 10.5 Å². The third-order valence-electron chi connectivity index (χ3n) is 6.05. The lowest BCUT2D eigenvalue weighted by atomic mass is 9.95. The molecule has 3 N–H and O–H groups in total. The van der Waals surface area contributed by atoms with Crippen LogP contribution in [0.2, 0.25) is 0 Å². The number of ether oxygens (including phenoxy) is 1. The molecule has 0 spiro atoms. The molecule has 8 nitrogen and oxygen atoms in total. The summed E-state index contributed by atoms with van der Waals surface area (Å²) < 4.78 is 5.78. The van der Waals surface area contributed by atoms with E-state index in [2.05, 4.69) is 10.3 Å². The minimum atomic E-state index is -0.720. The first kappa shape index (κ1) is 22.5. The summed E-state index contributed by atoms with van der Waals surface area (Å²) in [5.41, 5.74) is 9.15. The van der Waals surface area contributed by atoms with Gasteiger partial charge in [-0.05, 0) is 63.3 Å². The van der Waals surface area contributed by atoms with Gasteiger partial charge in [-0.15, -0.1) is 22.7 Å². The molecule has 10 heteroatoms. The molecule has 176 valence electrons. The molecular formula is C24H24N4O4S2. The summed E-state index contributed by atoms with van der Waals surface area (Å²) in [5, 5.41) is 6.20. The number of thiazole rings is 1. The molecule has 3 amide bonds. The molecule has 0 fully saturated rings. The first-order valence-electron chi connectivity index (χ1n) is 11.1. The first-order valence-corrected chi connectivity index (χ1v) is 12.8. The molecular weight excluding hydrogens is 472 g/mol. The van der Waals surface area contributed by atoms with E-state index in [1.165, 1.54) is 16.2 Å². The third-order valence-corrected chi connectivity index (χ3v) is 8.04. The molecule has 0 radical (unpaired) electrons. The number of thiophene rings is 1. The van der Waals surface area contributed by atoms with Gasteiger partial charge in [0.05, 0.1) is 22.0 Å². The Labute approximate surface area is 204 Å². The minimum Gasteiger partial charge on any atom is -0.479 e. The Balaban J connectivity index is 1.43. The fraction of sp³-hybridized carbons (Fsp3) is 0.333. The van der Waals surface area contributed by atoms with E-state index in [0.29, 0.717) is 22.0 Å². The SMILES string of the molecule is Cc1nc(-c2ccc3c(c2)N(CC(=O)Nc2sc4c(c2C(N)=O)CCCC4)C(=O)C(C)O3)cs1. The fourth-order valence-corrected chi connectivity index (χ4v) is 6.38. The molecule has 3 aromatic rings. The second-order valence-electron chi connectivity index (χ2n) is 8.45. The molecule has 2 aliphatic rings. The van der Waals surface area contributed by atoms with Gasteiger partial charge < -0.3 is 15.8 Å². The molecule has 5 rings (SSSR count). The number of benzene rings is 1. The van der Waals surface area contributed by atoms with Crippen LogP contribution in [-0.2, 0) is 22.4 Å². The van der Waals surface area contributed by atoms with Gasteiger partial charge in [-0.1, -0.05) is 0 Å². The zero-order chi connectivity index (χ0) is 24.0. The maximum atomic E-state index is 13.1. The van der Waals surface area contributed by atoms with Gasteiger partial charge >= 0.3 is 0 Å². The van der Waals surface area contributed by atoms with Gasteiger partial charge in [-0.25, -0.2) is 4.98 Å². The van der Waals surface area contributed by atoms with Gasteiger partial charge in [-0.2, -0.15) is 0 Å². The summed E-state index contributed by atoms with van der Waals surface area (Å²) in [7, 11) is 0. The molecule has 1 unspecified atom stereocenters. The van der Waals surface area contributed by atoms with E-state index in [0.717, 1.165) is 52.4 Å². The van der Waals surface area contributed by atoms with Gasteiger partial charge in [-0.3, -0.25) is 19.3 Å². The van der Waals surface area contributed by atoms with Crippen LogP contribution in [0, 0.1) is 6.92 Å². The van der Waals surface area contributed by atoms with Crippen molar-refractivity contribution >= 4 is 51.1 Å². The van der Waals surface area contributed by atoms with Crippen molar-refractivity contribution in [2.75, 3.05) is 16.8 Å². The summed E-state index contributed by atoms with van der Waals surface area (Å²) in [6.07, 6.45) is 2.99. The van der Waals surface area contributed by atoms with E-state index in [1.807, 2.05) is 24.4 Å². The van der Waals surface area contributed by atoms with Crippen molar-refractivity contribution < 1.29 is 19.1 Å². The second kappa shape index (κ2) is 8.84. The summed E-state index contributed by atoms with van der Waals surface area (Å²) in [6.45, 7) is 3.38. The van der Waals surface area contributed by atoms with Gasteiger partial charge in [0.1, 0.15) is 17.3 Å². The Hall–Kier alpha value is -3.24. The number of rotatable bonds is 5. The number of carbonyl (C=O) groups excluding carboxylic acids is 3. The highest BCUT2D eigenvalue weighted by molar-refractivity contribution is 7.17. The number of aromatic nitrogens is 1. The van der Waals surface area contributed by atoms with Crippen molar-refractivity contribution in [3.63, 3.8) is 0 Å². The van der Waals surface area contributed by atoms with E-state index in [1.54, 1.807) is 24.3 Å². The lowest BCUT2D eigenvalue weighted by Crippen LogP contribution is -2.47. The summed E-state index contributed by atoms with van der Waals surface area (Å²) in [4.78, 5) is 45.3. The monoisotopic (exact) mass is 496 g/mol. The molecule has 2 aromatic heterocycles. The third kappa shape index (κ3) is 4.07. The average Bonchev–Trinajstić information content (AvgIpc) is 3.39. The number of carbonyl (C=O) groups is 3. The number of nitrogens with one attached hydrogen (secondary N) is 1. The Morgan fingerprint density at radius 1 is 1.29 bits per heavy atom. The van der Waals surface area contributed by atoms with Crippen molar-refractivity contribution in [1.82, 2.24) is 4.98 Å². The maximum absolute atomic E-state index is 13.1. The normalized spacial score (nSPS) is 17.1. The molecule has 1 atom stereocenters. The van der Waals surface area contributed by atoms with E-state index >= 15 is 0 Å². The molecule has 0 saturated heterocycles. The lowest BCUT2D eigenvalue weighted by molar-refractivity contribution is -0.127. The Bertz CT molecular complexity index is 1310. The number of anilines is 2. The number of fused-ring (bicyclic) bond motifs is 2. The fourth-order valence-electron chi connectivity index (χ4n) is 4.45. The minimum absolute atomic E-state index is 0.208. The smallest absolute Gasteiger partial charge is 0.268 e. The zero-order valence-corrected chi connectivity index (χ0v) is 20.5. The van der Waals surface area contributed by atoms with Crippen molar-refractivity contribution in [2.24, 2.45) is 5.73 Å². The standard InChI is InChI=1S/C24H24N4O4S2/c1-12-24(31)28(17-9-14(7-8-18(17)32-12)16-11-33-13(2)26-16)10-20(29)27-23-21(22(25)30)15-5-3-4-6-19(15)34-23/h7-9,11-12H,3-6,10H2,1-2H3,(H2,25,30)(H,27,29). The number of hydrogen-bond acceptors (Lipinski definition) is 7. The highest BCUT2D eigenvalue weighted by Crippen LogP contribution is 2.39. The first-order chi connectivity index (χ1) is 16.3. The van der Waals surface area contributed by atoms with Crippen molar-refractivity contribution in [3.05, 3.63) is 44.6 Å². The van der Waals surface area contributed by atoms with Crippen molar-refractivity contribution in [3.8, 4) is 17.0 Å². The van der Waals surface area contributed by atoms with Gasteiger partial charge in [0.25, 0.3) is 11.8 Å². The Kier molecular flexibility index (Phi) is 5.86. The van der Waals surface area contributed by atoms with E-state index in [-0.39, 0.29) is 12.5 Å². The maximum Gasteiger partial charge on any atom is 0.268 e. The number of nitrogens with zero attached hydrogens (tertiary/aromatic N) is 2. The Morgan fingerprint density at radius 2 is 2.09 bits per heavy atom. The predicted molar refractivity (Wildman–Crippen MR) is 133 cm³/mol. The van der Waals surface area contributed by atoms with Crippen molar-refractivity contribution in [1.29, 1.82) is 0 Å². The van der Waals surface area contributed by atoms with E-state index in [9.17, 15) is 14.4 Å². The highest BCUT2D eigenvalue weighted by atomic mass is 32.1. The number of primary amides is 1. The molecule has 1 aromatic carbocycles. The molecule has 34 heavy (non-hydrogen) atoms. The van der Waals surface area contributed by atoms with Gasteiger partial charge in [0, 0.05) is 15.8 Å². The number of nitrogens with two attached hydrogens (primary N) is 1. The van der Waals surface area contributed by atoms with Crippen LogP contribution < -0.4 is 20.7 Å². The molecule has 0 saturated carbocycles. The summed E-state index contributed by atoms with van der Waals surface area (Å²) in [5.74, 6) is -0.724. The second-order valence-corrected chi connectivity index (χ2v) is 10.6. The predicted octanol–water partition coefficient (Wildman–Crippen LogP) is 3.91. The van der Waals surface area contributed by atoms with Crippen molar-refractivity contribution in [2.45, 2.75) is 45.6 Å². The molecule has 1 aliphatic heterocycles. The largest absolute Gasteiger partial charge is 0.479 e. The van der Waals surface area contributed by atoms with Crippen LogP contribution >= 0.6 is 22.7 Å². The van der Waals surface area contributed by atoms with Crippen LogP contribution in [-0.4, -0.2) is 35.4 Å². The van der Waals surface area contributed by atoms with E-state index < -0.39 is 17.9 Å². The molecule has 0 bridgehead atoms. The summed E-state index contributed by atoms with van der Waals surface area (Å²) >= 11 is 2.94. The number of amides is 3. The Morgan fingerprint density at radius 3 is 2.82 bits per heavy atom. The van der Waals surface area contributed by atoms with Crippen LogP contribution in [0.1, 0.15) is 45.6 Å². The van der Waals surface area contributed by atoms with Crippen LogP contribution in [0.5, 0.6) is 5.75 Å². The summed E-state index contributed by atoms with van der Waals surface area (Å²) in [6, 6.07) is 5.51. The number of aryl methyl sites for hydroxylation is 2. The van der Waals surface area contributed by atoms with Crippen LogP contribution in [0.25, 0.3) is 11.3 Å². The van der Waals surface area contributed by atoms with Crippen LogP contribution in [0.15, 0.2) is 23.6 Å². The quantitative estimate of drug-likeness (QED) is 0.556. The highest BCUT2D eigenvalue weighted by Gasteiger charge is 2.34. The number of hydrogen-bond donors (Lipinski definition) is 2. The molecule has 1 aliphatic carbocycles. The molecule has 3 heterocycles. The van der Waals surface area contributed by atoms with Gasteiger partial charge in [0.15, 0.2) is 6.10 Å². The average molecular weight is 497 g/mol. The topological polar surface area (TPSA) is 115 Å². The zero-order valence-electron chi connectivity index (χ0n) is 18.8. The van der Waals surface area contributed by atoms with Crippen LogP contribution in [0.4, 0.5) is 10.7 Å².